The molecule has 4 aromatic rings. The van der Waals surface area contributed by atoms with Crippen molar-refractivity contribution in [3.8, 4) is 16.9 Å². The van der Waals surface area contributed by atoms with Gasteiger partial charge in [0, 0.05) is 5.56 Å². The van der Waals surface area contributed by atoms with Crippen molar-refractivity contribution in [1.29, 1.82) is 0 Å². The Morgan fingerprint density at radius 1 is 0.833 bits per heavy atom. The molecule has 0 amide bonds. The third-order valence-corrected chi connectivity index (χ3v) is 5.31. The summed E-state index contributed by atoms with van der Waals surface area (Å²) < 4.78 is 6.18. The monoisotopic (exact) mass is 396 g/mol. The van der Waals surface area contributed by atoms with Crippen molar-refractivity contribution in [2.24, 2.45) is 5.92 Å². The maximum absolute atomic E-state index is 11.3. The van der Waals surface area contributed by atoms with Crippen LogP contribution >= 0.6 is 0 Å². The molecule has 0 aromatic heterocycles. The van der Waals surface area contributed by atoms with Crippen molar-refractivity contribution in [1.82, 2.24) is 0 Å². The van der Waals surface area contributed by atoms with Crippen LogP contribution in [0, 0.1) is 5.92 Å². The molecule has 0 fully saturated rings. The molecule has 0 heterocycles. The molecule has 4 aromatic carbocycles. The maximum atomic E-state index is 11.3. The Morgan fingerprint density at radius 2 is 1.57 bits per heavy atom. The van der Waals surface area contributed by atoms with Gasteiger partial charge in [-0.25, -0.2) is 0 Å². The predicted molar refractivity (Wildman–Crippen MR) is 121 cm³/mol. The van der Waals surface area contributed by atoms with Gasteiger partial charge in [0.15, 0.2) is 0 Å². The number of benzene rings is 4. The zero-order valence-electron chi connectivity index (χ0n) is 16.9. The fourth-order valence-electron chi connectivity index (χ4n) is 3.59. The first-order valence-electron chi connectivity index (χ1n) is 10.1. The van der Waals surface area contributed by atoms with Crippen LogP contribution in [0.15, 0.2) is 91.0 Å². The van der Waals surface area contributed by atoms with E-state index in [0.717, 1.165) is 33.4 Å². The normalized spacial score (nSPS) is 11.9. The number of carboxylic acids is 1. The Kier molecular flexibility index (Phi) is 5.80. The van der Waals surface area contributed by atoms with Gasteiger partial charge in [-0.3, -0.25) is 4.79 Å². The van der Waals surface area contributed by atoms with Gasteiger partial charge < -0.3 is 9.84 Å². The van der Waals surface area contributed by atoms with Gasteiger partial charge in [-0.05, 0) is 52.1 Å². The van der Waals surface area contributed by atoms with E-state index in [1.807, 2.05) is 54.6 Å². The molecule has 1 unspecified atom stereocenters. The molecule has 4 rings (SSSR count). The fraction of sp³-hybridized carbons (Fsp3) is 0.148. The Labute approximate surface area is 176 Å². The smallest absolute Gasteiger partial charge is 0.306 e. The van der Waals surface area contributed by atoms with E-state index >= 15 is 0 Å². The van der Waals surface area contributed by atoms with Gasteiger partial charge in [-0.15, -0.1) is 0 Å². The van der Waals surface area contributed by atoms with E-state index in [2.05, 4.69) is 36.4 Å². The lowest BCUT2D eigenvalue weighted by Crippen LogP contribution is -2.12. The van der Waals surface area contributed by atoms with Crippen molar-refractivity contribution >= 4 is 16.7 Å². The number of carboxylic acid groups (broad SMARTS) is 1. The zero-order valence-corrected chi connectivity index (χ0v) is 16.9. The lowest BCUT2D eigenvalue weighted by Gasteiger charge is -2.15. The second-order valence-corrected chi connectivity index (χ2v) is 7.61. The van der Waals surface area contributed by atoms with Crippen LogP contribution in [0.5, 0.6) is 5.75 Å². The van der Waals surface area contributed by atoms with E-state index in [0.29, 0.717) is 13.0 Å². The molecule has 30 heavy (non-hydrogen) atoms. The van der Waals surface area contributed by atoms with Crippen LogP contribution in [0.25, 0.3) is 21.9 Å². The SMILES string of the molecule is CC(Cc1ccc(OCc2ccccc2)c(-c2ccc3ccccc3c2)c1)C(=O)O. The first kappa shape index (κ1) is 19.7. The summed E-state index contributed by atoms with van der Waals surface area (Å²) in [5, 5.41) is 11.6. The zero-order chi connectivity index (χ0) is 20.9. The summed E-state index contributed by atoms with van der Waals surface area (Å²) in [7, 11) is 0. The van der Waals surface area contributed by atoms with E-state index in [9.17, 15) is 9.90 Å². The summed E-state index contributed by atoms with van der Waals surface area (Å²) in [6, 6.07) is 30.7. The first-order valence-corrected chi connectivity index (χ1v) is 10.1. The predicted octanol–water partition coefficient (Wildman–Crippen LogP) is 6.35. The first-order chi connectivity index (χ1) is 14.6. The van der Waals surface area contributed by atoms with Gasteiger partial charge in [0.2, 0.25) is 0 Å². The molecule has 0 spiro atoms. The molecular weight excluding hydrogens is 372 g/mol. The average molecular weight is 396 g/mol. The fourth-order valence-corrected chi connectivity index (χ4v) is 3.59. The van der Waals surface area contributed by atoms with Crippen LogP contribution in [0.3, 0.4) is 0 Å². The molecule has 0 saturated carbocycles. The number of hydrogen-bond acceptors (Lipinski definition) is 2. The van der Waals surface area contributed by atoms with Crippen molar-refractivity contribution < 1.29 is 14.6 Å². The minimum Gasteiger partial charge on any atom is -0.488 e. The molecule has 0 saturated heterocycles. The molecule has 3 nitrogen and oxygen atoms in total. The van der Waals surface area contributed by atoms with Crippen molar-refractivity contribution in [3.63, 3.8) is 0 Å². The molecule has 0 aliphatic carbocycles. The van der Waals surface area contributed by atoms with Crippen LogP contribution in [0.1, 0.15) is 18.1 Å². The van der Waals surface area contributed by atoms with Gasteiger partial charge in [0.05, 0.1) is 5.92 Å². The number of aliphatic carboxylic acids is 1. The highest BCUT2D eigenvalue weighted by atomic mass is 16.5. The summed E-state index contributed by atoms with van der Waals surface area (Å²) in [6.45, 7) is 2.21. The molecule has 3 heteroatoms. The lowest BCUT2D eigenvalue weighted by atomic mass is 9.95. The summed E-state index contributed by atoms with van der Waals surface area (Å²) in [4.78, 5) is 11.3. The molecule has 1 N–H and O–H groups in total. The van der Waals surface area contributed by atoms with Crippen LogP contribution in [0.2, 0.25) is 0 Å². The standard InChI is InChI=1S/C27H24O3/c1-19(27(28)29)15-21-11-14-26(30-18-20-7-3-2-4-8-20)25(16-21)24-13-12-22-9-5-6-10-23(22)17-24/h2-14,16-17,19H,15,18H2,1H3,(H,28,29). The number of rotatable bonds is 7. The van der Waals surface area contributed by atoms with Crippen LogP contribution < -0.4 is 4.74 Å². The van der Waals surface area contributed by atoms with E-state index in [-0.39, 0.29) is 0 Å². The van der Waals surface area contributed by atoms with Gasteiger partial charge in [0.1, 0.15) is 12.4 Å². The average Bonchev–Trinajstić information content (AvgIpc) is 2.78. The Bertz CT molecular complexity index is 1170. The molecular formula is C27H24O3. The van der Waals surface area contributed by atoms with Crippen molar-refractivity contribution in [3.05, 3.63) is 102 Å². The molecule has 0 aliphatic heterocycles. The number of carbonyl (C=O) groups is 1. The van der Waals surface area contributed by atoms with Crippen LogP contribution in [-0.4, -0.2) is 11.1 Å². The third-order valence-electron chi connectivity index (χ3n) is 5.31. The van der Waals surface area contributed by atoms with Gasteiger partial charge in [-0.1, -0.05) is 79.7 Å². The summed E-state index contributed by atoms with van der Waals surface area (Å²) >= 11 is 0. The van der Waals surface area contributed by atoms with E-state index in [4.69, 9.17) is 4.74 Å². The minimum atomic E-state index is -0.786. The lowest BCUT2D eigenvalue weighted by molar-refractivity contribution is -0.141. The van der Waals surface area contributed by atoms with E-state index < -0.39 is 11.9 Å². The van der Waals surface area contributed by atoms with E-state index in [1.165, 1.54) is 5.39 Å². The van der Waals surface area contributed by atoms with Crippen molar-refractivity contribution in [2.75, 3.05) is 0 Å². The number of ether oxygens (including phenoxy) is 1. The molecule has 150 valence electrons. The highest BCUT2D eigenvalue weighted by Crippen LogP contribution is 2.34. The molecule has 0 radical (unpaired) electrons. The van der Waals surface area contributed by atoms with Gasteiger partial charge in [-0.2, -0.15) is 0 Å². The summed E-state index contributed by atoms with van der Waals surface area (Å²) in [5.74, 6) is -0.432. The molecule has 0 bridgehead atoms. The second-order valence-electron chi connectivity index (χ2n) is 7.61. The molecule has 0 aliphatic rings. The van der Waals surface area contributed by atoms with Crippen LogP contribution in [-0.2, 0) is 17.8 Å². The summed E-state index contributed by atoms with van der Waals surface area (Å²) in [5.41, 5.74) is 4.12. The highest BCUT2D eigenvalue weighted by Gasteiger charge is 2.15. The highest BCUT2D eigenvalue weighted by molar-refractivity contribution is 5.88. The van der Waals surface area contributed by atoms with Crippen LogP contribution in [0.4, 0.5) is 0 Å². The largest absolute Gasteiger partial charge is 0.488 e. The maximum Gasteiger partial charge on any atom is 0.306 e. The Hall–Kier alpha value is -3.59. The topological polar surface area (TPSA) is 46.5 Å². The van der Waals surface area contributed by atoms with E-state index in [1.54, 1.807) is 6.92 Å². The molecule has 1 atom stereocenters. The Balaban J connectivity index is 1.71. The number of hydrogen-bond donors (Lipinski definition) is 1. The second kappa shape index (κ2) is 8.83. The van der Waals surface area contributed by atoms with Crippen molar-refractivity contribution in [2.45, 2.75) is 20.0 Å². The third kappa shape index (κ3) is 4.52. The number of fused-ring (bicyclic) bond motifs is 1. The quantitative estimate of drug-likeness (QED) is 0.396. The van der Waals surface area contributed by atoms with Gasteiger partial charge in [0.25, 0.3) is 0 Å². The summed E-state index contributed by atoms with van der Waals surface area (Å²) in [6.07, 6.45) is 0.481. The minimum absolute atomic E-state index is 0.439. The Morgan fingerprint density at radius 3 is 2.33 bits per heavy atom. The van der Waals surface area contributed by atoms with Gasteiger partial charge >= 0.3 is 5.97 Å².